The summed E-state index contributed by atoms with van der Waals surface area (Å²) in [5.41, 5.74) is 1.23. The summed E-state index contributed by atoms with van der Waals surface area (Å²) >= 11 is 0. The molecule has 0 saturated heterocycles. The summed E-state index contributed by atoms with van der Waals surface area (Å²) in [5, 5.41) is 3.43. The van der Waals surface area contributed by atoms with E-state index in [0.717, 1.165) is 37.8 Å². The molecule has 19 heavy (non-hydrogen) atoms. The van der Waals surface area contributed by atoms with Gasteiger partial charge in [-0.25, -0.2) is 0 Å². The molecule has 4 nitrogen and oxygen atoms in total. The molecule has 1 N–H and O–H groups in total. The van der Waals surface area contributed by atoms with Crippen LogP contribution in [0.1, 0.15) is 30.9 Å². The largest absolute Gasteiger partial charge is 0.464 e. The van der Waals surface area contributed by atoms with E-state index in [1.54, 1.807) is 0 Å². The van der Waals surface area contributed by atoms with Crippen molar-refractivity contribution in [1.82, 2.24) is 10.2 Å². The van der Waals surface area contributed by atoms with E-state index in [9.17, 15) is 0 Å². The highest BCUT2D eigenvalue weighted by molar-refractivity contribution is 5.20. The highest BCUT2D eigenvalue weighted by atomic mass is 16.5. The number of aryl methyl sites for hydroxylation is 1. The van der Waals surface area contributed by atoms with Gasteiger partial charge in [-0.1, -0.05) is 13.8 Å². The average molecular weight is 268 g/mol. The first-order valence-electron chi connectivity index (χ1n) is 7.00. The van der Waals surface area contributed by atoms with Gasteiger partial charge >= 0.3 is 0 Å². The van der Waals surface area contributed by atoms with Gasteiger partial charge in [0.1, 0.15) is 18.1 Å². The summed E-state index contributed by atoms with van der Waals surface area (Å²) in [6.45, 7) is 10.5. The zero-order valence-corrected chi connectivity index (χ0v) is 13.0. The number of ether oxygens (including phenoxy) is 1. The monoisotopic (exact) mass is 268 g/mol. The molecule has 0 unspecified atom stereocenters. The number of rotatable bonds is 9. The predicted octanol–water partition coefficient (Wildman–Crippen LogP) is 2.41. The summed E-state index contributed by atoms with van der Waals surface area (Å²) in [5.74, 6) is 2.57. The molecular formula is C15H28N2O2. The number of nitrogens with one attached hydrogen (secondary N) is 1. The Morgan fingerprint density at radius 2 is 2.11 bits per heavy atom. The van der Waals surface area contributed by atoms with Crippen LogP contribution in [0.25, 0.3) is 0 Å². The molecule has 1 heterocycles. The van der Waals surface area contributed by atoms with Crippen molar-refractivity contribution in [3.8, 4) is 0 Å². The normalized spacial score (nSPS) is 11.7. The molecule has 0 spiro atoms. The van der Waals surface area contributed by atoms with Gasteiger partial charge in [-0.3, -0.25) is 0 Å². The molecule has 0 saturated carbocycles. The van der Waals surface area contributed by atoms with Crippen LogP contribution >= 0.6 is 0 Å². The zero-order chi connectivity index (χ0) is 14.3. The highest BCUT2D eigenvalue weighted by Gasteiger charge is 2.07. The van der Waals surface area contributed by atoms with E-state index < -0.39 is 0 Å². The Kier molecular flexibility index (Phi) is 7.13. The Hall–Kier alpha value is -0.840. The van der Waals surface area contributed by atoms with Crippen LogP contribution in [0.2, 0.25) is 0 Å². The average Bonchev–Trinajstić information content (AvgIpc) is 2.65. The number of likely N-dealkylation sites (N-methyl/N-ethyl adjacent to an activating group) is 1. The van der Waals surface area contributed by atoms with Crippen LogP contribution in [0.4, 0.5) is 0 Å². The van der Waals surface area contributed by atoms with E-state index >= 15 is 0 Å². The van der Waals surface area contributed by atoms with Crippen molar-refractivity contribution < 1.29 is 9.15 Å². The van der Waals surface area contributed by atoms with Crippen LogP contribution in [0.5, 0.6) is 0 Å². The maximum absolute atomic E-state index is 5.70. The van der Waals surface area contributed by atoms with Gasteiger partial charge in [-0.05, 0) is 39.5 Å². The van der Waals surface area contributed by atoms with Crippen molar-refractivity contribution in [2.45, 2.75) is 33.9 Å². The molecule has 0 atom stereocenters. The summed E-state index contributed by atoms with van der Waals surface area (Å²) in [7, 11) is 4.08. The lowest BCUT2D eigenvalue weighted by Gasteiger charge is -2.08. The van der Waals surface area contributed by atoms with Crippen LogP contribution < -0.4 is 5.32 Å². The molecule has 110 valence electrons. The zero-order valence-electron chi connectivity index (χ0n) is 13.0. The molecule has 1 rings (SSSR count). The standard InChI is InChI=1S/C15H28N2O2/c1-12(2)9-16-10-14-8-15(19-13(14)3)11-18-7-6-17(4)5/h8,12,16H,6-7,9-11H2,1-5H3. The second-order valence-electron chi connectivity index (χ2n) is 5.67. The van der Waals surface area contributed by atoms with Crippen molar-refractivity contribution >= 4 is 0 Å². The van der Waals surface area contributed by atoms with E-state index in [-0.39, 0.29) is 0 Å². The second kappa shape index (κ2) is 8.35. The molecule has 0 aliphatic rings. The highest BCUT2D eigenvalue weighted by Crippen LogP contribution is 2.15. The Morgan fingerprint density at radius 3 is 2.74 bits per heavy atom. The van der Waals surface area contributed by atoms with Crippen LogP contribution in [0.3, 0.4) is 0 Å². The summed E-state index contributed by atoms with van der Waals surface area (Å²) in [4.78, 5) is 2.11. The van der Waals surface area contributed by atoms with Crippen molar-refractivity contribution in [2.75, 3.05) is 33.8 Å². The minimum Gasteiger partial charge on any atom is -0.464 e. The fraction of sp³-hybridized carbons (Fsp3) is 0.733. The Balaban J connectivity index is 2.32. The van der Waals surface area contributed by atoms with E-state index in [2.05, 4.69) is 30.1 Å². The molecule has 0 amide bonds. The van der Waals surface area contributed by atoms with Crippen LogP contribution in [-0.2, 0) is 17.9 Å². The fourth-order valence-electron chi connectivity index (χ4n) is 1.75. The van der Waals surface area contributed by atoms with E-state index in [1.165, 1.54) is 5.56 Å². The van der Waals surface area contributed by atoms with Gasteiger partial charge < -0.3 is 19.4 Å². The molecule has 0 fully saturated rings. The first-order chi connectivity index (χ1) is 8.99. The predicted molar refractivity (Wildman–Crippen MR) is 78.2 cm³/mol. The quantitative estimate of drug-likeness (QED) is 0.698. The van der Waals surface area contributed by atoms with Crippen molar-refractivity contribution in [2.24, 2.45) is 5.92 Å². The minimum absolute atomic E-state index is 0.554. The van der Waals surface area contributed by atoms with E-state index in [0.29, 0.717) is 12.5 Å². The second-order valence-corrected chi connectivity index (χ2v) is 5.67. The third kappa shape index (κ3) is 6.76. The van der Waals surface area contributed by atoms with Crippen molar-refractivity contribution in [3.05, 3.63) is 23.2 Å². The van der Waals surface area contributed by atoms with Gasteiger partial charge in [-0.2, -0.15) is 0 Å². The topological polar surface area (TPSA) is 37.6 Å². The summed E-state index contributed by atoms with van der Waals surface area (Å²) in [6.07, 6.45) is 0. The minimum atomic E-state index is 0.554. The number of furan rings is 1. The smallest absolute Gasteiger partial charge is 0.130 e. The lowest BCUT2D eigenvalue weighted by atomic mass is 10.2. The fourth-order valence-corrected chi connectivity index (χ4v) is 1.75. The van der Waals surface area contributed by atoms with Gasteiger partial charge in [0.05, 0.1) is 6.61 Å². The SMILES string of the molecule is Cc1oc(COCCN(C)C)cc1CNCC(C)C. The first-order valence-corrected chi connectivity index (χ1v) is 7.00. The number of hydrogen-bond donors (Lipinski definition) is 1. The molecule has 0 radical (unpaired) electrons. The van der Waals surface area contributed by atoms with Crippen LogP contribution in [0, 0.1) is 12.8 Å². The lowest BCUT2D eigenvalue weighted by molar-refractivity contribution is 0.0921. The lowest BCUT2D eigenvalue weighted by Crippen LogP contribution is -2.19. The third-order valence-electron chi connectivity index (χ3n) is 2.87. The summed E-state index contributed by atoms with van der Waals surface area (Å²) < 4.78 is 11.3. The van der Waals surface area contributed by atoms with E-state index in [1.807, 2.05) is 21.0 Å². The summed E-state index contributed by atoms with van der Waals surface area (Å²) in [6, 6.07) is 2.10. The molecule has 0 aliphatic heterocycles. The van der Waals surface area contributed by atoms with Crippen molar-refractivity contribution in [1.29, 1.82) is 0 Å². The molecule has 1 aromatic heterocycles. The van der Waals surface area contributed by atoms with E-state index in [4.69, 9.17) is 9.15 Å². The molecule has 0 aliphatic carbocycles. The Bertz CT molecular complexity index is 359. The van der Waals surface area contributed by atoms with Crippen molar-refractivity contribution in [3.63, 3.8) is 0 Å². The van der Waals surface area contributed by atoms with Gasteiger partial charge in [0.2, 0.25) is 0 Å². The van der Waals surface area contributed by atoms with Crippen LogP contribution in [-0.4, -0.2) is 38.7 Å². The molecule has 4 heteroatoms. The molecule has 0 aromatic carbocycles. The van der Waals surface area contributed by atoms with Gasteiger partial charge in [0.15, 0.2) is 0 Å². The number of nitrogens with zero attached hydrogens (tertiary/aromatic N) is 1. The Morgan fingerprint density at radius 1 is 1.37 bits per heavy atom. The molecular weight excluding hydrogens is 240 g/mol. The molecule has 1 aromatic rings. The van der Waals surface area contributed by atoms with Gasteiger partial charge in [-0.15, -0.1) is 0 Å². The Labute approximate surface area is 117 Å². The van der Waals surface area contributed by atoms with Gasteiger partial charge in [0.25, 0.3) is 0 Å². The third-order valence-corrected chi connectivity index (χ3v) is 2.87. The number of hydrogen-bond acceptors (Lipinski definition) is 4. The van der Waals surface area contributed by atoms with Crippen LogP contribution in [0.15, 0.2) is 10.5 Å². The first kappa shape index (κ1) is 16.2. The molecule has 0 bridgehead atoms. The maximum atomic E-state index is 5.70. The maximum Gasteiger partial charge on any atom is 0.130 e. The van der Waals surface area contributed by atoms with Gasteiger partial charge in [0, 0.05) is 18.7 Å².